The first-order chi connectivity index (χ1) is 10.7. The molecule has 24 heavy (non-hydrogen) atoms. The Kier molecular flexibility index (Phi) is 7.70. The zero-order valence-electron chi connectivity index (χ0n) is 16.1. The van der Waals surface area contributed by atoms with Crippen LogP contribution in [0.1, 0.15) is 68.2 Å². The summed E-state index contributed by atoms with van der Waals surface area (Å²) in [6.45, 7) is 13.3. The fraction of sp³-hybridized carbons (Fsp3) is 0.667. The van der Waals surface area contributed by atoms with Crippen molar-refractivity contribution in [1.82, 2.24) is 5.17 Å². The number of hydrogen-bond donors (Lipinski definition) is 0. The molecule has 0 aliphatic carbocycles. The molecule has 0 amide bonds. The lowest BCUT2D eigenvalue weighted by Gasteiger charge is -2.38. The third-order valence-electron chi connectivity index (χ3n) is 3.31. The second kappa shape index (κ2) is 8.33. The highest BCUT2D eigenvalue weighted by molar-refractivity contribution is 5.91. The summed E-state index contributed by atoms with van der Waals surface area (Å²) < 4.78 is 0. The first-order valence-corrected chi connectivity index (χ1v) is 7.99. The molecule has 0 fully saturated rings. The smallest absolute Gasteiger partial charge is 0.244 e. The topological polar surface area (TPSA) is 80.5 Å². The van der Waals surface area contributed by atoms with Crippen molar-refractivity contribution in [3.8, 4) is 0 Å². The Bertz CT molecular complexity index is 564. The van der Waals surface area contributed by atoms with Crippen molar-refractivity contribution < 1.29 is 14.5 Å². The van der Waals surface area contributed by atoms with Crippen LogP contribution in [0.25, 0.3) is 0 Å². The van der Waals surface area contributed by atoms with Crippen LogP contribution >= 0.6 is 0 Å². The lowest BCUT2D eigenvalue weighted by atomic mass is 9.95. The Balaban J connectivity index is 5.18. The minimum absolute atomic E-state index is 0.0849. The van der Waals surface area contributed by atoms with Gasteiger partial charge in [-0.15, -0.1) is 0 Å². The molecular weight excluding hydrogens is 308 g/mol. The van der Waals surface area contributed by atoms with Crippen molar-refractivity contribution in [2.24, 2.45) is 0 Å². The monoisotopic (exact) mass is 338 g/mol. The summed E-state index contributed by atoms with van der Waals surface area (Å²) in [4.78, 5) is 36.6. The molecular formula is C18H30N2O4. The molecule has 0 rings (SSSR count). The van der Waals surface area contributed by atoms with Crippen LogP contribution in [-0.2, 0) is 9.59 Å². The van der Waals surface area contributed by atoms with Crippen LogP contribution in [0.15, 0.2) is 23.3 Å². The second-order valence-corrected chi connectivity index (χ2v) is 7.90. The zero-order chi connectivity index (χ0) is 19.3. The Morgan fingerprint density at radius 1 is 0.917 bits per heavy atom. The molecule has 0 aliphatic rings. The predicted octanol–water partition coefficient (Wildman–Crippen LogP) is 3.89. The maximum absolute atomic E-state index is 12.5. The van der Waals surface area contributed by atoms with Gasteiger partial charge in [-0.25, -0.2) is 0 Å². The molecule has 0 spiro atoms. The SMILES string of the molecule is CC(C)=CC(=O)CC(C)(C)N([O-])[N+](=O)C(C)(C)CC(=O)C=C(C)C. The van der Waals surface area contributed by atoms with Crippen LogP contribution < -0.4 is 0 Å². The molecule has 0 atom stereocenters. The highest BCUT2D eigenvalue weighted by atomic mass is 16.6. The van der Waals surface area contributed by atoms with E-state index in [9.17, 15) is 19.7 Å². The fourth-order valence-corrected chi connectivity index (χ4v) is 2.23. The summed E-state index contributed by atoms with van der Waals surface area (Å²) in [7, 11) is 0. The van der Waals surface area contributed by atoms with Gasteiger partial charge >= 0.3 is 0 Å². The summed E-state index contributed by atoms with van der Waals surface area (Å²) in [5.41, 5.74) is -0.747. The average molecular weight is 338 g/mol. The van der Waals surface area contributed by atoms with Gasteiger partial charge in [-0.1, -0.05) is 11.1 Å². The van der Waals surface area contributed by atoms with Gasteiger partial charge < -0.3 is 5.21 Å². The zero-order valence-corrected chi connectivity index (χ0v) is 16.1. The Morgan fingerprint density at radius 3 is 1.67 bits per heavy atom. The number of allylic oxidation sites excluding steroid dienone is 4. The van der Waals surface area contributed by atoms with Gasteiger partial charge in [-0.05, 0) is 53.7 Å². The van der Waals surface area contributed by atoms with Crippen molar-refractivity contribution in [3.63, 3.8) is 0 Å². The molecule has 0 aromatic rings. The molecule has 0 radical (unpaired) electrons. The number of hydroxylamine groups is 1. The van der Waals surface area contributed by atoms with E-state index in [-0.39, 0.29) is 34.4 Å². The molecule has 0 aliphatic heterocycles. The minimum Gasteiger partial charge on any atom is -0.704 e. The van der Waals surface area contributed by atoms with E-state index in [1.54, 1.807) is 27.7 Å². The number of rotatable bonds is 9. The number of ketones is 2. The molecule has 6 nitrogen and oxygen atoms in total. The fourth-order valence-electron chi connectivity index (χ4n) is 2.23. The van der Waals surface area contributed by atoms with E-state index in [0.717, 1.165) is 11.1 Å². The first-order valence-electron chi connectivity index (χ1n) is 7.99. The molecule has 0 N–H and O–H groups in total. The van der Waals surface area contributed by atoms with Gasteiger partial charge in [0, 0.05) is 20.3 Å². The van der Waals surface area contributed by atoms with Gasteiger partial charge in [0.1, 0.15) is 4.87 Å². The molecule has 0 heterocycles. The van der Waals surface area contributed by atoms with Crippen molar-refractivity contribution in [2.45, 2.75) is 79.3 Å². The number of carbonyl (C=O) groups is 2. The van der Waals surface area contributed by atoms with E-state index >= 15 is 0 Å². The van der Waals surface area contributed by atoms with Crippen molar-refractivity contribution in [1.29, 1.82) is 0 Å². The van der Waals surface area contributed by atoms with E-state index in [2.05, 4.69) is 0 Å². The summed E-state index contributed by atoms with van der Waals surface area (Å²) in [6.07, 6.45) is 2.74. The summed E-state index contributed by atoms with van der Waals surface area (Å²) in [6, 6.07) is 0. The average Bonchev–Trinajstić information content (AvgIpc) is 2.32. The maximum atomic E-state index is 12.5. The molecule has 0 bridgehead atoms. The van der Waals surface area contributed by atoms with Crippen LogP contribution in [0.4, 0.5) is 0 Å². The minimum atomic E-state index is -1.21. The normalized spacial score (nSPS) is 11.5. The van der Waals surface area contributed by atoms with Gasteiger partial charge in [0.2, 0.25) is 5.54 Å². The van der Waals surface area contributed by atoms with Gasteiger partial charge in [0.05, 0.1) is 16.9 Å². The molecule has 6 heteroatoms. The Labute approximate surface area is 144 Å². The number of carbonyl (C=O) groups excluding carboxylic acids is 2. The summed E-state index contributed by atoms with van der Waals surface area (Å²) >= 11 is 0. The van der Waals surface area contributed by atoms with E-state index < -0.39 is 11.1 Å². The van der Waals surface area contributed by atoms with Crippen molar-refractivity contribution in [2.75, 3.05) is 0 Å². The molecule has 0 saturated heterocycles. The van der Waals surface area contributed by atoms with Crippen molar-refractivity contribution >= 4 is 11.6 Å². The largest absolute Gasteiger partial charge is 0.704 e. The van der Waals surface area contributed by atoms with Gasteiger partial charge in [0.15, 0.2) is 11.6 Å². The van der Waals surface area contributed by atoms with Crippen molar-refractivity contribution in [3.05, 3.63) is 33.4 Å². The lowest BCUT2D eigenvalue weighted by molar-refractivity contribution is -0.760. The molecule has 0 aromatic heterocycles. The number of nitrogens with zero attached hydrogens (tertiary/aromatic N) is 2. The van der Waals surface area contributed by atoms with Crippen LogP contribution in [-0.4, -0.2) is 32.7 Å². The van der Waals surface area contributed by atoms with Gasteiger partial charge in [-0.3, -0.25) is 9.59 Å². The molecule has 0 unspecified atom stereocenters. The number of hydrogen-bond acceptors (Lipinski definition) is 4. The molecule has 0 aromatic carbocycles. The second-order valence-electron chi connectivity index (χ2n) is 7.90. The third kappa shape index (κ3) is 7.17. The first kappa shape index (κ1) is 22.2. The van der Waals surface area contributed by atoms with Crippen LogP contribution in [0.2, 0.25) is 0 Å². The molecule has 136 valence electrons. The summed E-state index contributed by atoms with van der Waals surface area (Å²) in [5.74, 6) is -0.430. The summed E-state index contributed by atoms with van der Waals surface area (Å²) in [5, 5.41) is 12.7. The maximum Gasteiger partial charge on any atom is 0.244 e. The third-order valence-corrected chi connectivity index (χ3v) is 3.31. The lowest BCUT2D eigenvalue weighted by Crippen LogP contribution is -2.53. The van der Waals surface area contributed by atoms with E-state index in [4.69, 9.17) is 0 Å². The standard InChI is InChI=1S/C18H30N2O4/c1-13(2)9-15(21)11-17(5,6)19(23)20(24)18(7,8)12-16(22)10-14(3)4/h9-10H,11-12H2,1-8H3. The Morgan fingerprint density at radius 2 is 1.29 bits per heavy atom. The van der Waals surface area contributed by atoms with Crippen LogP contribution in [0, 0.1) is 10.1 Å². The molecule has 0 saturated carbocycles. The quantitative estimate of drug-likeness (QED) is 0.362. The van der Waals surface area contributed by atoms with Crippen LogP contribution in [0.3, 0.4) is 0 Å². The van der Waals surface area contributed by atoms with Crippen LogP contribution in [0.5, 0.6) is 0 Å². The van der Waals surface area contributed by atoms with Gasteiger partial charge in [-0.2, -0.15) is 5.17 Å². The predicted molar refractivity (Wildman–Crippen MR) is 95.1 cm³/mol. The Hall–Kier alpha value is -1.82. The van der Waals surface area contributed by atoms with E-state index in [1.165, 1.54) is 39.8 Å². The van der Waals surface area contributed by atoms with E-state index in [0.29, 0.717) is 0 Å². The van der Waals surface area contributed by atoms with E-state index in [1.807, 2.05) is 0 Å². The number of hydrazine groups is 1. The van der Waals surface area contributed by atoms with Gasteiger partial charge in [0.25, 0.3) is 0 Å². The highest BCUT2D eigenvalue weighted by Crippen LogP contribution is 2.25. The highest BCUT2D eigenvalue weighted by Gasteiger charge is 2.43. The number of nitroso groups, excluding NO2 is 1.